The molecule has 1 aliphatic rings. The SMILES string of the molecule is CC(C)Oc1ccc(-c2ccc(C(=O)NS(=O)(=O)c3cccc(N)n3)c(N3CCCC(c4ccc(F)c(F)c4)C3)n2)cn1.[HH]. The van der Waals surface area contributed by atoms with Gasteiger partial charge in [0.25, 0.3) is 15.9 Å². The third-order valence-electron chi connectivity index (χ3n) is 6.89. The number of benzene rings is 1. The smallest absolute Gasteiger partial charge is 0.281 e. The number of rotatable bonds is 8. The Bertz CT molecular complexity index is 1760. The van der Waals surface area contributed by atoms with E-state index in [2.05, 4.69) is 14.7 Å². The minimum Gasteiger partial charge on any atom is -0.475 e. The van der Waals surface area contributed by atoms with Crippen LogP contribution in [0.5, 0.6) is 5.88 Å². The number of amides is 1. The molecular formula is C30H32F2N6O4S. The number of nitrogens with two attached hydrogens (primary N) is 1. The Kier molecular flexibility index (Phi) is 8.53. The van der Waals surface area contributed by atoms with Crippen molar-refractivity contribution in [2.45, 2.75) is 43.7 Å². The van der Waals surface area contributed by atoms with Crippen LogP contribution in [0.15, 0.2) is 71.9 Å². The Hall–Kier alpha value is -4.65. The van der Waals surface area contributed by atoms with E-state index in [1.807, 2.05) is 18.7 Å². The van der Waals surface area contributed by atoms with Crippen molar-refractivity contribution in [2.75, 3.05) is 23.7 Å². The summed E-state index contributed by atoms with van der Waals surface area (Å²) in [5.41, 5.74) is 7.41. The van der Waals surface area contributed by atoms with Gasteiger partial charge in [0.2, 0.25) is 5.88 Å². The first kappa shape index (κ1) is 29.8. The number of carbonyl (C=O) groups excluding carboxylic acids is 1. The Labute approximate surface area is 249 Å². The highest BCUT2D eigenvalue weighted by atomic mass is 32.2. The number of piperidine rings is 1. The molecular weight excluding hydrogens is 578 g/mol. The summed E-state index contributed by atoms with van der Waals surface area (Å²) in [6.45, 7) is 4.62. The zero-order valence-corrected chi connectivity index (χ0v) is 24.3. The van der Waals surface area contributed by atoms with Crippen molar-refractivity contribution >= 4 is 27.6 Å². The maximum absolute atomic E-state index is 14.0. The van der Waals surface area contributed by atoms with Gasteiger partial charge in [-0.05, 0) is 74.7 Å². The van der Waals surface area contributed by atoms with E-state index < -0.39 is 32.6 Å². The Morgan fingerprint density at radius 2 is 1.91 bits per heavy atom. The molecule has 1 saturated heterocycles. The van der Waals surface area contributed by atoms with Crippen molar-refractivity contribution in [1.82, 2.24) is 19.7 Å². The van der Waals surface area contributed by atoms with E-state index >= 15 is 0 Å². The average molecular weight is 611 g/mol. The van der Waals surface area contributed by atoms with E-state index in [1.54, 1.807) is 30.5 Å². The lowest BCUT2D eigenvalue weighted by molar-refractivity contribution is 0.0981. The quantitative estimate of drug-likeness (QED) is 0.284. The Morgan fingerprint density at radius 1 is 1.09 bits per heavy atom. The van der Waals surface area contributed by atoms with Crippen LogP contribution in [0.1, 0.15) is 50.0 Å². The molecule has 1 atom stereocenters. The second-order valence-electron chi connectivity index (χ2n) is 10.4. The summed E-state index contributed by atoms with van der Waals surface area (Å²) in [6, 6.07) is 14.5. The predicted molar refractivity (Wildman–Crippen MR) is 159 cm³/mol. The molecule has 3 N–H and O–H groups in total. The molecule has 4 heterocycles. The first-order valence-electron chi connectivity index (χ1n) is 13.6. The average Bonchev–Trinajstić information content (AvgIpc) is 2.98. The second-order valence-corrected chi connectivity index (χ2v) is 12.0. The number of ether oxygens (including phenoxy) is 1. The fourth-order valence-electron chi connectivity index (χ4n) is 4.89. The van der Waals surface area contributed by atoms with E-state index in [-0.39, 0.29) is 30.6 Å². The van der Waals surface area contributed by atoms with Crippen molar-refractivity contribution in [3.05, 3.63) is 89.6 Å². The van der Waals surface area contributed by atoms with Gasteiger partial charge in [0.05, 0.1) is 17.4 Å². The van der Waals surface area contributed by atoms with Gasteiger partial charge in [0.15, 0.2) is 16.7 Å². The molecule has 4 aromatic rings. The van der Waals surface area contributed by atoms with Gasteiger partial charge >= 0.3 is 0 Å². The highest BCUT2D eigenvalue weighted by molar-refractivity contribution is 7.90. The number of carbonyl (C=O) groups is 1. The number of pyridine rings is 3. The molecule has 1 amide bonds. The summed E-state index contributed by atoms with van der Waals surface area (Å²) in [5.74, 6) is -2.29. The highest BCUT2D eigenvalue weighted by Crippen LogP contribution is 2.33. The molecule has 0 bridgehead atoms. The molecule has 0 spiro atoms. The van der Waals surface area contributed by atoms with Gasteiger partial charge in [-0.1, -0.05) is 12.1 Å². The van der Waals surface area contributed by atoms with Crippen molar-refractivity contribution < 1.29 is 28.2 Å². The van der Waals surface area contributed by atoms with Gasteiger partial charge < -0.3 is 15.4 Å². The van der Waals surface area contributed by atoms with Gasteiger partial charge in [-0.15, -0.1) is 0 Å². The van der Waals surface area contributed by atoms with E-state index in [1.165, 1.54) is 30.3 Å². The highest BCUT2D eigenvalue weighted by Gasteiger charge is 2.29. The van der Waals surface area contributed by atoms with E-state index in [0.717, 1.165) is 6.07 Å². The zero-order valence-electron chi connectivity index (χ0n) is 23.5. The molecule has 0 saturated carbocycles. The molecule has 1 fully saturated rings. The molecule has 5 rings (SSSR count). The van der Waals surface area contributed by atoms with Crippen LogP contribution in [0.4, 0.5) is 20.4 Å². The van der Waals surface area contributed by atoms with Crippen molar-refractivity contribution in [1.29, 1.82) is 0 Å². The minimum absolute atomic E-state index is 0. The summed E-state index contributed by atoms with van der Waals surface area (Å²) in [4.78, 5) is 28.2. The van der Waals surface area contributed by atoms with E-state index in [0.29, 0.717) is 48.6 Å². The van der Waals surface area contributed by atoms with Crippen molar-refractivity contribution in [3.63, 3.8) is 0 Å². The lowest BCUT2D eigenvalue weighted by Gasteiger charge is -2.35. The number of hydrogen-bond acceptors (Lipinski definition) is 9. The summed E-state index contributed by atoms with van der Waals surface area (Å²) >= 11 is 0. The van der Waals surface area contributed by atoms with E-state index in [4.69, 9.17) is 15.5 Å². The maximum Gasteiger partial charge on any atom is 0.281 e. The van der Waals surface area contributed by atoms with Crippen LogP contribution < -0.4 is 20.1 Å². The summed E-state index contributed by atoms with van der Waals surface area (Å²) in [5, 5.41) is -0.405. The molecule has 1 unspecified atom stereocenters. The van der Waals surface area contributed by atoms with Gasteiger partial charge in [-0.25, -0.2) is 28.5 Å². The molecule has 3 aromatic heterocycles. The van der Waals surface area contributed by atoms with Crippen LogP contribution in [0.2, 0.25) is 0 Å². The molecule has 226 valence electrons. The summed E-state index contributed by atoms with van der Waals surface area (Å²) in [7, 11) is -4.36. The first-order valence-corrected chi connectivity index (χ1v) is 15.1. The monoisotopic (exact) mass is 610 g/mol. The minimum atomic E-state index is -4.36. The topological polar surface area (TPSA) is 140 Å². The molecule has 13 heteroatoms. The van der Waals surface area contributed by atoms with Crippen LogP contribution >= 0.6 is 0 Å². The van der Waals surface area contributed by atoms with Gasteiger partial charge in [0.1, 0.15) is 11.6 Å². The number of nitrogen functional groups attached to an aromatic ring is 1. The number of nitrogens with zero attached hydrogens (tertiary/aromatic N) is 4. The molecule has 10 nitrogen and oxygen atoms in total. The number of halogens is 2. The third-order valence-corrected chi connectivity index (χ3v) is 8.12. The molecule has 1 aliphatic heterocycles. The molecule has 1 aromatic carbocycles. The largest absolute Gasteiger partial charge is 0.475 e. The number of aromatic nitrogens is 3. The van der Waals surface area contributed by atoms with Gasteiger partial charge in [-0.3, -0.25) is 4.79 Å². The fraction of sp³-hybridized carbons (Fsp3) is 0.267. The predicted octanol–water partition coefficient (Wildman–Crippen LogP) is 4.93. The standard InChI is InChI=1S/C30H30F2N6O4S.H2/c1-18(2)42-27-13-9-20(16-34-27)25-12-10-22(30(39)37-43(40,41)28-7-3-6-26(33)36-28)29(35-25)38-14-4-5-21(17-38)19-8-11-23(31)24(32)15-19;/h3,6-13,15-16,18,21H,4-5,14,17H2,1-2H3,(H2,33,36)(H,37,39);1H. The van der Waals surface area contributed by atoms with E-state index in [9.17, 15) is 22.0 Å². The maximum atomic E-state index is 14.0. The molecule has 0 radical (unpaired) electrons. The molecule has 43 heavy (non-hydrogen) atoms. The lowest BCUT2D eigenvalue weighted by Crippen LogP contribution is -2.38. The third kappa shape index (κ3) is 6.88. The Balaban J connectivity index is 0.00000442. The number of nitrogens with one attached hydrogen (secondary N) is 1. The molecule has 0 aliphatic carbocycles. The fourth-order valence-corrected chi connectivity index (χ4v) is 5.83. The van der Waals surface area contributed by atoms with Gasteiger partial charge in [0, 0.05) is 38.3 Å². The summed E-state index contributed by atoms with van der Waals surface area (Å²) < 4.78 is 61.3. The number of hydrogen-bond donors (Lipinski definition) is 2. The van der Waals surface area contributed by atoms with Crippen LogP contribution in [-0.2, 0) is 10.0 Å². The lowest BCUT2D eigenvalue weighted by atomic mass is 9.90. The summed E-state index contributed by atoms with van der Waals surface area (Å²) in [6.07, 6.45) is 2.92. The first-order chi connectivity index (χ1) is 20.5. The van der Waals surface area contributed by atoms with Crippen LogP contribution in [-0.4, -0.2) is 48.5 Å². The van der Waals surface area contributed by atoms with Crippen LogP contribution in [0.25, 0.3) is 11.3 Å². The van der Waals surface area contributed by atoms with Crippen LogP contribution in [0, 0.1) is 11.6 Å². The zero-order chi connectivity index (χ0) is 30.7. The van der Waals surface area contributed by atoms with Crippen molar-refractivity contribution in [3.8, 4) is 17.1 Å². The van der Waals surface area contributed by atoms with Crippen LogP contribution in [0.3, 0.4) is 0 Å². The second kappa shape index (κ2) is 12.3. The van der Waals surface area contributed by atoms with Gasteiger partial charge in [-0.2, -0.15) is 8.42 Å². The normalized spacial score (nSPS) is 15.4. The van der Waals surface area contributed by atoms with Crippen molar-refractivity contribution in [2.24, 2.45) is 0 Å². The number of sulfonamides is 1. The number of anilines is 2. The Morgan fingerprint density at radius 3 is 2.60 bits per heavy atom.